The lowest BCUT2D eigenvalue weighted by atomic mass is 9.87. The summed E-state index contributed by atoms with van der Waals surface area (Å²) in [4.78, 5) is 46.0. The predicted octanol–water partition coefficient (Wildman–Crippen LogP) is 8.27. The van der Waals surface area contributed by atoms with Crippen molar-refractivity contribution in [2.45, 2.75) is 0 Å². The van der Waals surface area contributed by atoms with Gasteiger partial charge in [-0.2, -0.15) is 0 Å². The van der Waals surface area contributed by atoms with Crippen LogP contribution in [-0.2, 0) is 38.1 Å². The monoisotopic (exact) mass is 812 g/mol. The van der Waals surface area contributed by atoms with Gasteiger partial charge in [0.25, 0.3) is 0 Å². The zero-order chi connectivity index (χ0) is 42.7. The fourth-order valence-corrected chi connectivity index (χ4v) is 5.82. The van der Waals surface area contributed by atoms with Crippen molar-refractivity contribution in [3.8, 4) is 56.4 Å². The van der Waals surface area contributed by atoms with E-state index in [0.29, 0.717) is 23.0 Å². The molecule has 0 N–H and O–H groups in total. The highest BCUT2D eigenvalue weighted by Gasteiger charge is 2.17. The molecule has 0 radical (unpaired) electrons. The summed E-state index contributed by atoms with van der Waals surface area (Å²) in [6.07, 6.45) is 4.38. The molecule has 12 heteroatoms. The second-order valence-corrected chi connectivity index (χ2v) is 12.5. The molecule has 0 saturated carbocycles. The van der Waals surface area contributed by atoms with Gasteiger partial charge >= 0.3 is 23.9 Å². The summed E-state index contributed by atoms with van der Waals surface area (Å²) >= 11 is 0. The molecular weight excluding hydrogens is 769 g/mol. The average Bonchev–Trinajstić information content (AvgIpc) is 3.28. The molecule has 5 aromatic carbocycles. The van der Waals surface area contributed by atoms with E-state index in [4.69, 9.17) is 37.9 Å². The van der Waals surface area contributed by atoms with Crippen LogP contribution in [0.3, 0.4) is 0 Å². The summed E-state index contributed by atoms with van der Waals surface area (Å²) in [6, 6.07) is 30.7. The molecule has 308 valence electrons. The smallest absolute Gasteiger partial charge is 0.330 e. The maximum Gasteiger partial charge on any atom is 0.330 e. The van der Waals surface area contributed by atoms with Crippen LogP contribution in [0.4, 0.5) is 0 Å². The van der Waals surface area contributed by atoms with E-state index in [9.17, 15) is 19.2 Å². The first-order chi connectivity index (χ1) is 29.2. The normalized spacial score (nSPS) is 10.4. The third kappa shape index (κ3) is 12.7. The highest BCUT2D eigenvalue weighted by atomic mass is 16.6. The van der Waals surface area contributed by atoms with Crippen molar-refractivity contribution in [3.63, 3.8) is 0 Å². The van der Waals surface area contributed by atoms with Crippen LogP contribution in [0.15, 0.2) is 148 Å². The van der Waals surface area contributed by atoms with E-state index in [1.807, 2.05) is 84.9 Å². The van der Waals surface area contributed by atoms with Crippen LogP contribution in [0.1, 0.15) is 0 Å². The Labute approximate surface area is 347 Å². The first-order valence-corrected chi connectivity index (χ1v) is 18.8. The number of benzene rings is 5. The van der Waals surface area contributed by atoms with E-state index in [0.717, 1.165) is 68.5 Å². The molecule has 60 heavy (non-hydrogen) atoms. The molecule has 0 heterocycles. The quantitative estimate of drug-likeness (QED) is 0.0271. The molecule has 0 aliphatic rings. The second kappa shape index (κ2) is 22.4. The molecule has 0 unspecified atom stereocenters. The van der Waals surface area contributed by atoms with Crippen molar-refractivity contribution >= 4 is 34.6 Å². The Morgan fingerprint density at radius 3 is 1.15 bits per heavy atom. The Hall–Kier alpha value is -7.60. The number of ether oxygens (including phenoxy) is 8. The lowest BCUT2D eigenvalue weighted by Crippen LogP contribution is -2.10. The van der Waals surface area contributed by atoms with Gasteiger partial charge in [0.1, 0.15) is 75.9 Å². The Kier molecular flexibility index (Phi) is 16.2. The first kappa shape index (κ1) is 43.5. The topological polar surface area (TPSA) is 142 Å². The number of fused-ring (bicyclic) bond motifs is 1. The summed E-state index contributed by atoms with van der Waals surface area (Å²) in [5.74, 6) is 0.166. The summed E-state index contributed by atoms with van der Waals surface area (Å²) in [5, 5.41) is 1.81. The van der Waals surface area contributed by atoms with Gasteiger partial charge in [0, 0.05) is 24.3 Å². The van der Waals surface area contributed by atoms with Crippen molar-refractivity contribution in [2.24, 2.45) is 0 Å². The van der Waals surface area contributed by atoms with E-state index in [1.54, 1.807) is 0 Å². The molecule has 5 rings (SSSR count). The van der Waals surface area contributed by atoms with Crippen LogP contribution in [0, 0.1) is 0 Å². The van der Waals surface area contributed by atoms with Crippen LogP contribution >= 0.6 is 0 Å². The van der Waals surface area contributed by atoms with Gasteiger partial charge in [0.05, 0.1) is 0 Å². The molecule has 0 aromatic heterocycles. The predicted molar refractivity (Wildman–Crippen MR) is 227 cm³/mol. The molecule has 0 aliphatic carbocycles. The van der Waals surface area contributed by atoms with Gasteiger partial charge in [0.15, 0.2) is 0 Å². The van der Waals surface area contributed by atoms with Crippen molar-refractivity contribution in [1.29, 1.82) is 0 Å². The van der Waals surface area contributed by atoms with Crippen LogP contribution in [0.2, 0.25) is 0 Å². The molecule has 5 aromatic rings. The minimum absolute atomic E-state index is 0.0259. The summed E-state index contributed by atoms with van der Waals surface area (Å²) in [6.45, 7) is 14.5. The Morgan fingerprint density at radius 2 is 0.700 bits per heavy atom. The average molecular weight is 813 g/mol. The number of carbonyl (C=O) groups excluding carboxylic acids is 4. The number of rotatable bonds is 23. The van der Waals surface area contributed by atoms with Gasteiger partial charge < -0.3 is 37.9 Å². The zero-order valence-electron chi connectivity index (χ0n) is 32.9. The molecule has 0 spiro atoms. The minimum Gasteiger partial charge on any atom is -0.490 e. The minimum atomic E-state index is -0.547. The molecule has 0 saturated heterocycles. The van der Waals surface area contributed by atoms with Gasteiger partial charge in [0.2, 0.25) is 0 Å². The Balaban J connectivity index is 1.55. The lowest BCUT2D eigenvalue weighted by Gasteiger charge is -2.19. The van der Waals surface area contributed by atoms with Gasteiger partial charge in [-0.25, -0.2) is 19.2 Å². The Morgan fingerprint density at radius 1 is 0.350 bits per heavy atom. The van der Waals surface area contributed by atoms with Crippen molar-refractivity contribution < 1.29 is 57.1 Å². The van der Waals surface area contributed by atoms with Gasteiger partial charge in [-0.05, 0) is 105 Å². The van der Waals surface area contributed by atoms with E-state index in [1.165, 1.54) is 0 Å². The zero-order valence-corrected chi connectivity index (χ0v) is 32.9. The largest absolute Gasteiger partial charge is 0.490 e. The number of esters is 4. The molecule has 0 atom stereocenters. The summed E-state index contributed by atoms with van der Waals surface area (Å²) in [7, 11) is 0. The van der Waals surface area contributed by atoms with Crippen LogP contribution < -0.4 is 18.9 Å². The van der Waals surface area contributed by atoms with E-state index in [-0.39, 0.29) is 52.9 Å². The number of hydrogen-bond acceptors (Lipinski definition) is 12. The number of hydrogen-bond donors (Lipinski definition) is 0. The van der Waals surface area contributed by atoms with Crippen LogP contribution in [0.5, 0.6) is 23.0 Å². The molecule has 0 fully saturated rings. The summed E-state index contributed by atoms with van der Waals surface area (Å²) < 4.78 is 43.9. The lowest BCUT2D eigenvalue weighted by molar-refractivity contribution is -0.139. The third-order valence-corrected chi connectivity index (χ3v) is 8.61. The highest BCUT2D eigenvalue weighted by Crippen LogP contribution is 2.43. The van der Waals surface area contributed by atoms with Crippen LogP contribution in [-0.4, -0.2) is 76.7 Å². The van der Waals surface area contributed by atoms with E-state index < -0.39 is 23.9 Å². The molecule has 0 aliphatic heterocycles. The number of carbonyl (C=O) groups is 4. The van der Waals surface area contributed by atoms with Crippen molar-refractivity contribution in [3.05, 3.63) is 148 Å². The van der Waals surface area contributed by atoms with E-state index >= 15 is 0 Å². The third-order valence-electron chi connectivity index (χ3n) is 8.61. The fraction of sp³-hybridized carbons (Fsp3) is 0.167. The molecular formula is C48H44O12. The van der Waals surface area contributed by atoms with Gasteiger partial charge in [-0.3, -0.25) is 0 Å². The van der Waals surface area contributed by atoms with Gasteiger partial charge in [-0.1, -0.05) is 62.7 Å². The molecule has 0 amide bonds. The Bertz CT molecular complexity index is 2330. The standard InChI is InChI=1S/C48H44O12/c1-5-45(49)57-25-21-53-37-14-9-33(10-15-37)41-20-19-40(56-24-28-60-48(52)8-4)32-44(41)43-31-36-29-39(55-23-27-59-47(51)7-3)18-13-35(36)30-42(43)34-11-16-38(17-12-34)54-22-26-58-46(50)6-2/h5-20,29-32H,1-4,21-28H2. The first-order valence-electron chi connectivity index (χ1n) is 18.8. The fourth-order valence-electron chi connectivity index (χ4n) is 5.82. The summed E-state index contributed by atoms with van der Waals surface area (Å²) in [5.41, 5.74) is 5.21. The maximum absolute atomic E-state index is 11.7. The highest BCUT2D eigenvalue weighted by molar-refractivity contribution is 6.00. The van der Waals surface area contributed by atoms with E-state index in [2.05, 4.69) is 38.4 Å². The molecule has 12 nitrogen and oxygen atoms in total. The van der Waals surface area contributed by atoms with Crippen LogP contribution in [0.25, 0.3) is 44.2 Å². The van der Waals surface area contributed by atoms with Crippen molar-refractivity contribution in [1.82, 2.24) is 0 Å². The SMILES string of the molecule is C=CC(=O)OCCOc1ccc(-c2ccc(OCCOC(=O)C=C)cc2-c2cc3cc(OCCOC(=O)C=C)ccc3cc2-c2ccc(OCCOC(=O)C=C)cc2)cc1. The maximum atomic E-state index is 11.7. The van der Waals surface area contributed by atoms with Gasteiger partial charge in [-0.15, -0.1) is 0 Å². The second-order valence-electron chi connectivity index (χ2n) is 12.5. The van der Waals surface area contributed by atoms with Crippen molar-refractivity contribution in [2.75, 3.05) is 52.9 Å². The molecule has 0 bridgehead atoms.